The summed E-state index contributed by atoms with van der Waals surface area (Å²) < 4.78 is 11.4. The maximum Gasteiger partial charge on any atom is 0.119 e. The van der Waals surface area contributed by atoms with Crippen LogP contribution in [0.5, 0.6) is 5.75 Å². The minimum atomic E-state index is -0.0451. The second-order valence-corrected chi connectivity index (χ2v) is 5.55. The predicted octanol–water partition coefficient (Wildman–Crippen LogP) is 4.46. The quantitative estimate of drug-likeness (QED) is 0.613. The van der Waals surface area contributed by atoms with Crippen molar-refractivity contribution < 1.29 is 9.47 Å². The number of nitrogens with two attached hydrogens (primary N) is 1. The molecule has 0 saturated heterocycles. The van der Waals surface area contributed by atoms with E-state index in [1.165, 1.54) is 25.7 Å². The van der Waals surface area contributed by atoms with Crippen LogP contribution in [0.4, 0.5) is 0 Å². The Labute approximate surface area is 129 Å². The van der Waals surface area contributed by atoms with Crippen molar-refractivity contribution in [3.8, 4) is 5.75 Å². The topological polar surface area (TPSA) is 44.5 Å². The summed E-state index contributed by atoms with van der Waals surface area (Å²) in [5.41, 5.74) is 7.35. The summed E-state index contributed by atoms with van der Waals surface area (Å²) in [6.07, 6.45) is 7.08. The second-order valence-electron chi connectivity index (χ2n) is 5.55. The Kier molecular flexibility index (Phi) is 9.11. The highest BCUT2D eigenvalue weighted by atomic mass is 16.5. The van der Waals surface area contributed by atoms with Gasteiger partial charge in [-0.1, -0.05) is 51.7 Å². The molecule has 2 N–H and O–H groups in total. The molecule has 0 fully saturated rings. The van der Waals surface area contributed by atoms with E-state index in [4.69, 9.17) is 15.2 Å². The van der Waals surface area contributed by atoms with Crippen LogP contribution in [0.1, 0.15) is 64.0 Å². The fourth-order valence-corrected chi connectivity index (χ4v) is 2.42. The SMILES string of the molecule is CCCCCCCOC(c1cccc(OC)c1)C(N)CC. The fourth-order valence-electron chi connectivity index (χ4n) is 2.42. The standard InChI is InChI=1S/C18H31NO2/c1-4-6-7-8-9-13-21-18(17(19)5-2)15-11-10-12-16(14-15)20-3/h10-12,14,17-18H,4-9,13,19H2,1-3H3. The van der Waals surface area contributed by atoms with Crippen molar-refractivity contribution in [3.63, 3.8) is 0 Å². The van der Waals surface area contributed by atoms with Gasteiger partial charge in [0, 0.05) is 12.6 Å². The third-order valence-corrected chi connectivity index (χ3v) is 3.83. The zero-order valence-electron chi connectivity index (χ0n) is 13.8. The molecule has 0 saturated carbocycles. The Hall–Kier alpha value is -1.06. The van der Waals surface area contributed by atoms with Gasteiger partial charge in [0.05, 0.1) is 13.2 Å². The monoisotopic (exact) mass is 293 g/mol. The molecule has 0 bridgehead atoms. The van der Waals surface area contributed by atoms with Crippen LogP contribution in [-0.4, -0.2) is 19.8 Å². The van der Waals surface area contributed by atoms with Crippen molar-refractivity contribution >= 4 is 0 Å². The van der Waals surface area contributed by atoms with Crippen molar-refractivity contribution in [2.45, 2.75) is 64.5 Å². The van der Waals surface area contributed by atoms with Crippen LogP contribution in [0.2, 0.25) is 0 Å². The van der Waals surface area contributed by atoms with Gasteiger partial charge in [-0.05, 0) is 30.5 Å². The molecule has 1 aromatic carbocycles. The van der Waals surface area contributed by atoms with Gasteiger partial charge in [-0.2, -0.15) is 0 Å². The molecule has 3 nitrogen and oxygen atoms in total. The van der Waals surface area contributed by atoms with E-state index in [2.05, 4.69) is 19.9 Å². The van der Waals surface area contributed by atoms with Gasteiger partial charge in [0.15, 0.2) is 0 Å². The van der Waals surface area contributed by atoms with Gasteiger partial charge in [0.2, 0.25) is 0 Å². The van der Waals surface area contributed by atoms with Gasteiger partial charge < -0.3 is 15.2 Å². The lowest BCUT2D eigenvalue weighted by Crippen LogP contribution is -2.29. The first-order valence-electron chi connectivity index (χ1n) is 8.24. The molecule has 3 heteroatoms. The number of methoxy groups -OCH3 is 1. The van der Waals surface area contributed by atoms with E-state index in [0.29, 0.717) is 0 Å². The Bertz CT molecular complexity index is 381. The van der Waals surface area contributed by atoms with E-state index in [1.807, 2.05) is 18.2 Å². The highest BCUT2D eigenvalue weighted by Gasteiger charge is 2.19. The number of hydrogen-bond donors (Lipinski definition) is 1. The van der Waals surface area contributed by atoms with E-state index in [0.717, 1.165) is 30.8 Å². The minimum Gasteiger partial charge on any atom is -0.497 e. The van der Waals surface area contributed by atoms with Crippen molar-refractivity contribution in [3.05, 3.63) is 29.8 Å². The molecule has 2 atom stereocenters. The largest absolute Gasteiger partial charge is 0.497 e. The summed E-state index contributed by atoms with van der Waals surface area (Å²) in [5.74, 6) is 0.854. The number of ether oxygens (including phenoxy) is 2. The first-order chi connectivity index (χ1) is 10.2. The maximum atomic E-state index is 6.24. The molecule has 0 amide bonds. The number of rotatable bonds is 11. The van der Waals surface area contributed by atoms with Crippen LogP contribution in [0.25, 0.3) is 0 Å². The Morgan fingerprint density at radius 3 is 2.52 bits per heavy atom. The first kappa shape index (κ1) is 18.0. The molecular formula is C18H31NO2. The summed E-state index contributed by atoms with van der Waals surface area (Å²) in [6.45, 7) is 5.11. The van der Waals surface area contributed by atoms with Crippen LogP contribution in [0, 0.1) is 0 Å². The molecule has 0 radical (unpaired) electrons. The zero-order valence-corrected chi connectivity index (χ0v) is 13.8. The van der Waals surface area contributed by atoms with Crippen LogP contribution in [-0.2, 0) is 4.74 Å². The summed E-state index contributed by atoms with van der Waals surface area (Å²) in [7, 11) is 1.68. The fraction of sp³-hybridized carbons (Fsp3) is 0.667. The number of hydrogen-bond acceptors (Lipinski definition) is 3. The van der Waals surface area contributed by atoms with Gasteiger partial charge in [0.1, 0.15) is 5.75 Å². The Balaban J connectivity index is 2.55. The Morgan fingerprint density at radius 2 is 1.86 bits per heavy atom. The molecule has 0 aliphatic rings. The molecule has 0 heterocycles. The average molecular weight is 293 g/mol. The molecular weight excluding hydrogens is 262 g/mol. The van der Waals surface area contributed by atoms with Gasteiger partial charge in [-0.25, -0.2) is 0 Å². The summed E-state index contributed by atoms with van der Waals surface area (Å²) in [4.78, 5) is 0. The van der Waals surface area contributed by atoms with E-state index in [9.17, 15) is 0 Å². The summed E-state index contributed by atoms with van der Waals surface area (Å²) in [6, 6.07) is 8.06. The predicted molar refractivity (Wildman–Crippen MR) is 88.7 cm³/mol. The molecule has 1 rings (SSSR count). The highest BCUT2D eigenvalue weighted by Crippen LogP contribution is 2.25. The molecule has 0 aliphatic carbocycles. The summed E-state index contributed by atoms with van der Waals surface area (Å²) in [5, 5.41) is 0. The first-order valence-corrected chi connectivity index (χ1v) is 8.24. The average Bonchev–Trinajstić information content (AvgIpc) is 2.53. The van der Waals surface area contributed by atoms with Crippen LogP contribution >= 0.6 is 0 Å². The number of benzene rings is 1. The van der Waals surface area contributed by atoms with E-state index < -0.39 is 0 Å². The Morgan fingerprint density at radius 1 is 1.10 bits per heavy atom. The molecule has 0 aliphatic heterocycles. The van der Waals surface area contributed by atoms with E-state index in [-0.39, 0.29) is 12.1 Å². The van der Waals surface area contributed by atoms with Crippen molar-refractivity contribution in [2.24, 2.45) is 5.73 Å². The molecule has 21 heavy (non-hydrogen) atoms. The molecule has 0 spiro atoms. The molecule has 120 valence electrons. The third kappa shape index (κ3) is 6.49. The van der Waals surface area contributed by atoms with E-state index in [1.54, 1.807) is 7.11 Å². The van der Waals surface area contributed by atoms with Crippen LogP contribution in [0.3, 0.4) is 0 Å². The minimum absolute atomic E-state index is 0.0211. The highest BCUT2D eigenvalue weighted by molar-refractivity contribution is 5.30. The lowest BCUT2D eigenvalue weighted by atomic mass is 10.0. The van der Waals surface area contributed by atoms with Crippen molar-refractivity contribution in [1.29, 1.82) is 0 Å². The maximum absolute atomic E-state index is 6.24. The normalized spacial score (nSPS) is 13.9. The number of unbranched alkanes of at least 4 members (excludes halogenated alkanes) is 4. The van der Waals surface area contributed by atoms with E-state index >= 15 is 0 Å². The third-order valence-electron chi connectivity index (χ3n) is 3.83. The molecule has 0 aromatic heterocycles. The lowest BCUT2D eigenvalue weighted by molar-refractivity contribution is 0.0310. The van der Waals surface area contributed by atoms with Gasteiger partial charge in [0.25, 0.3) is 0 Å². The second kappa shape index (κ2) is 10.6. The molecule has 1 aromatic rings. The van der Waals surface area contributed by atoms with Crippen LogP contribution in [0.15, 0.2) is 24.3 Å². The van der Waals surface area contributed by atoms with Crippen molar-refractivity contribution in [2.75, 3.05) is 13.7 Å². The van der Waals surface area contributed by atoms with Crippen molar-refractivity contribution in [1.82, 2.24) is 0 Å². The summed E-state index contributed by atoms with van der Waals surface area (Å²) >= 11 is 0. The smallest absolute Gasteiger partial charge is 0.119 e. The van der Waals surface area contributed by atoms with Crippen LogP contribution < -0.4 is 10.5 Å². The lowest BCUT2D eigenvalue weighted by Gasteiger charge is -2.24. The van der Waals surface area contributed by atoms with Gasteiger partial charge in [-0.15, -0.1) is 0 Å². The molecule has 2 unspecified atom stereocenters. The zero-order chi connectivity index (χ0) is 15.5. The van der Waals surface area contributed by atoms with Gasteiger partial charge in [-0.3, -0.25) is 0 Å². The van der Waals surface area contributed by atoms with Gasteiger partial charge >= 0.3 is 0 Å².